The van der Waals surface area contributed by atoms with Gasteiger partial charge in [0.25, 0.3) is 0 Å². The summed E-state index contributed by atoms with van der Waals surface area (Å²) in [5, 5.41) is 7.79. The van der Waals surface area contributed by atoms with Crippen LogP contribution in [-0.2, 0) is 0 Å². The number of anilines is 6. The van der Waals surface area contributed by atoms with E-state index in [-0.39, 0.29) is 0 Å². The lowest BCUT2D eigenvalue weighted by atomic mass is 9.94. The number of hydrogen-bond donors (Lipinski definition) is 0. The van der Waals surface area contributed by atoms with E-state index in [4.69, 9.17) is 0 Å². The summed E-state index contributed by atoms with van der Waals surface area (Å²) in [6.45, 7) is 0. The molecule has 3 heterocycles. The highest BCUT2D eigenvalue weighted by Gasteiger charge is 2.26. The minimum Gasteiger partial charge on any atom is -0.311 e. The Balaban J connectivity index is 1.03. The van der Waals surface area contributed by atoms with E-state index in [2.05, 4.69) is 275 Å². The number of rotatable bonds is 9. The van der Waals surface area contributed by atoms with Gasteiger partial charge in [0, 0.05) is 90.9 Å². The number of para-hydroxylation sites is 5. The van der Waals surface area contributed by atoms with Crippen molar-refractivity contribution in [3.63, 3.8) is 0 Å². The second-order valence-electron chi connectivity index (χ2n) is 18.0. The summed E-state index contributed by atoms with van der Waals surface area (Å²) in [5.74, 6) is 0. The van der Waals surface area contributed by atoms with Gasteiger partial charge in [-0.25, -0.2) is 0 Å². The molecule has 0 aliphatic rings. The Hall–Kier alpha value is -8.74. The second kappa shape index (κ2) is 17.0. The lowest BCUT2D eigenvalue weighted by Gasteiger charge is -2.25. The van der Waals surface area contributed by atoms with Crippen LogP contribution in [0.5, 0.6) is 0 Å². The van der Waals surface area contributed by atoms with E-state index in [0.717, 1.165) is 39.8 Å². The van der Waals surface area contributed by atoms with Crippen LogP contribution >= 0.6 is 22.7 Å². The van der Waals surface area contributed by atoms with Gasteiger partial charge >= 0.3 is 0 Å². The molecule has 0 saturated carbocycles. The van der Waals surface area contributed by atoms with Crippen molar-refractivity contribution in [3.8, 4) is 27.9 Å². The molecule has 0 amide bonds. The average Bonchev–Trinajstić information content (AvgIpc) is 4.13. The molecule has 0 bridgehead atoms. The summed E-state index contributed by atoms with van der Waals surface area (Å²) in [6, 6.07) is 94.9. The predicted molar refractivity (Wildman–Crippen MR) is 307 cm³/mol. The molecule has 0 saturated heterocycles. The summed E-state index contributed by atoms with van der Waals surface area (Å²) < 4.78 is 7.74. The maximum absolute atomic E-state index is 2.53. The first kappa shape index (κ1) is 41.3. The molecule has 0 aliphatic heterocycles. The topological polar surface area (TPSA) is 11.4 Å². The van der Waals surface area contributed by atoms with Gasteiger partial charge in [0.05, 0.1) is 11.0 Å². The third kappa shape index (κ3) is 6.85. The first-order valence-electron chi connectivity index (χ1n) is 24.1. The first-order valence-corrected chi connectivity index (χ1v) is 25.7. The molecular weight excluding hydrogens is 899 g/mol. The van der Waals surface area contributed by atoms with E-state index < -0.39 is 0 Å². The Morgan fingerprint density at radius 3 is 0.958 bits per heavy atom. The molecule has 71 heavy (non-hydrogen) atoms. The van der Waals surface area contributed by atoms with Crippen molar-refractivity contribution in [1.82, 2.24) is 4.57 Å². The molecule has 3 aromatic heterocycles. The molecule has 3 nitrogen and oxygen atoms in total. The molecule has 334 valence electrons. The Bertz CT molecular complexity index is 3900. The summed E-state index contributed by atoms with van der Waals surface area (Å²) in [5.41, 5.74) is 15.1. The van der Waals surface area contributed by atoms with Crippen molar-refractivity contribution in [3.05, 3.63) is 261 Å². The van der Waals surface area contributed by atoms with Gasteiger partial charge in [0.2, 0.25) is 0 Å². The molecule has 0 radical (unpaired) electrons. The molecule has 14 aromatic rings. The Morgan fingerprint density at radius 2 is 0.592 bits per heavy atom. The van der Waals surface area contributed by atoms with Crippen LogP contribution in [-0.4, -0.2) is 4.57 Å². The van der Waals surface area contributed by atoms with Gasteiger partial charge in [-0.1, -0.05) is 152 Å². The van der Waals surface area contributed by atoms with Crippen molar-refractivity contribution in [2.75, 3.05) is 9.80 Å². The van der Waals surface area contributed by atoms with Gasteiger partial charge in [-0.3, -0.25) is 0 Å². The standard InChI is InChI=1S/C66H43N3S2/c1-6-20-46(21-7-1)67(47-22-8-2-9-23-47)51-38-34-44(35-39-51)55-42-57-63(65-61(55)53-30-16-18-32-59(53)70-65)64-58(69(57)50-28-14-5-15-29-50)43-56(62-54-31-17-19-33-60(54)71-66(62)64)45-36-40-52(41-37-45)68(48-24-10-3-11-25-48)49-26-12-4-13-27-49/h1-43H. The van der Waals surface area contributed by atoms with Gasteiger partial charge in [0.1, 0.15) is 0 Å². The number of hydrogen-bond acceptors (Lipinski definition) is 4. The van der Waals surface area contributed by atoms with E-state index in [1.165, 1.54) is 84.4 Å². The molecule has 0 spiro atoms. The molecule has 0 atom stereocenters. The van der Waals surface area contributed by atoms with Crippen LogP contribution in [0, 0.1) is 0 Å². The maximum Gasteiger partial charge on any atom is 0.0562 e. The number of aromatic nitrogens is 1. The van der Waals surface area contributed by atoms with E-state index in [9.17, 15) is 0 Å². The fourth-order valence-corrected chi connectivity index (χ4v) is 13.4. The van der Waals surface area contributed by atoms with Crippen LogP contribution in [0.2, 0.25) is 0 Å². The molecule has 0 aliphatic carbocycles. The SMILES string of the molecule is c1ccc(N(c2ccccc2)c2ccc(-c3cc4c(c5sc6ccccc6c35)c3c5sc6ccccc6c5c(-c5ccc(N(c6ccccc6)c6ccccc6)cc5)cc3n4-c3ccccc3)cc2)cc1. The minimum atomic E-state index is 1.11. The van der Waals surface area contributed by atoms with Crippen molar-refractivity contribution >= 4 is 119 Å². The highest BCUT2D eigenvalue weighted by molar-refractivity contribution is 7.28. The van der Waals surface area contributed by atoms with Gasteiger partial charge in [-0.2, -0.15) is 0 Å². The van der Waals surface area contributed by atoms with Gasteiger partial charge in [-0.05, 0) is 131 Å². The van der Waals surface area contributed by atoms with Crippen LogP contribution in [0.15, 0.2) is 261 Å². The fourth-order valence-electron chi connectivity index (χ4n) is 10.8. The minimum absolute atomic E-state index is 1.11. The molecule has 0 N–H and O–H groups in total. The van der Waals surface area contributed by atoms with E-state index in [0.29, 0.717) is 0 Å². The Labute approximate surface area is 419 Å². The first-order chi connectivity index (χ1) is 35.2. The Morgan fingerprint density at radius 1 is 0.282 bits per heavy atom. The highest BCUT2D eigenvalue weighted by atomic mass is 32.1. The average molecular weight is 942 g/mol. The fraction of sp³-hybridized carbons (Fsp3) is 0. The van der Waals surface area contributed by atoms with Gasteiger partial charge in [0.15, 0.2) is 0 Å². The predicted octanol–water partition coefficient (Wildman–Crippen LogP) is 19.8. The maximum atomic E-state index is 2.53. The van der Waals surface area contributed by atoms with Crippen LogP contribution in [0.1, 0.15) is 0 Å². The largest absolute Gasteiger partial charge is 0.311 e. The monoisotopic (exact) mass is 941 g/mol. The number of nitrogens with zero attached hydrogens (tertiary/aromatic N) is 3. The zero-order chi connectivity index (χ0) is 46.8. The van der Waals surface area contributed by atoms with Crippen LogP contribution in [0.3, 0.4) is 0 Å². The number of fused-ring (bicyclic) bond motifs is 11. The summed E-state index contributed by atoms with van der Waals surface area (Å²) in [6.07, 6.45) is 0. The second-order valence-corrected chi connectivity index (χ2v) is 20.1. The van der Waals surface area contributed by atoms with Gasteiger partial charge < -0.3 is 14.4 Å². The van der Waals surface area contributed by atoms with Gasteiger partial charge in [-0.15, -0.1) is 22.7 Å². The lowest BCUT2D eigenvalue weighted by Crippen LogP contribution is -2.09. The third-order valence-electron chi connectivity index (χ3n) is 13.9. The molecule has 0 unspecified atom stereocenters. The van der Waals surface area contributed by atoms with Crippen molar-refractivity contribution in [1.29, 1.82) is 0 Å². The zero-order valence-corrected chi connectivity index (χ0v) is 40.1. The van der Waals surface area contributed by atoms with Crippen LogP contribution in [0.4, 0.5) is 34.1 Å². The zero-order valence-electron chi connectivity index (χ0n) is 38.5. The summed E-state index contributed by atoms with van der Waals surface area (Å²) >= 11 is 3.84. The molecule has 14 rings (SSSR count). The quantitative estimate of drug-likeness (QED) is 0.143. The third-order valence-corrected chi connectivity index (χ3v) is 16.3. The van der Waals surface area contributed by atoms with Crippen LogP contribution < -0.4 is 9.80 Å². The van der Waals surface area contributed by atoms with E-state index >= 15 is 0 Å². The molecule has 5 heteroatoms. The highest BCUT2D eigenvalue weighted by Crippen LogP contribution is 2.53. The lowest BCUT2D eigenvalue weighted by molar-refractivity contribution is 1.18. The number of benzene rings is 11. The summed E-state index contributed by atoms with van der Waals surface area (Å²) in [4.78, 5) is 4.67. The summed E-state index contributed by atoms with van der Waals surface area (Å²) in [7, 11) is 0. The Kier molecular flexibility index (Phi) is 9.90. The molecule has 0 fully saturated rings. The van der Waals surface area contributed by atoms with Crippen molar-refractivity contribution in [2.24, 2.45) is 0 Å². The van der Waals surface area contributed by atoms with Crippen molar-refractivity contribution in [2.45, 2.75) is 0 Å². The van der Waals surface area contributed by atoms with E-state index in [1.807, 2.05) is 22.7 Å². The van der Waals surface area contributed by atoms with E-state index in [1.54, 1.807) is 0 Å². The van der Waals surface area contributed by atoms with Crippen LogP contribution in [0.25, 0.3) is 90.1 Å². The molecule has 11 aromatic carbocycles. The molecular formula is C66H43N3S2. The van der Waals surface area contributed by atoms with Crippen molar-refractivity contribution < 1.29 is 0 Å². The normalized spacial score (nSPS) is 11.7. The smallest absolute Gasteiger partial charge is 0.0562 e. The number of thiophene rings is 2.